The molecule has 3 aromatic heterocycles. The number of furan rings is 1. The predicted molar refractivity (Wildman–Crippen MR) is 136 cm³/mol. The average molecular weight is 489 g/mol. The highest BCUT2D eigenvalue weighted by molar-refractivity contribution is 6.30. The molecule has 178 valence electrons. The molecule has 0 atom stereocenters. The Kier molecular flexibility index (Phi) is 6.74. The summed E-state index contributed by atoms with van der Waals surface area (Å²) in [5.41, 5.74) is 4.44. The van der Waals surface area contributed by atoms with Crippen molar-refractivity contribution in [2.75, 3.05) is 6.61 Å². The second-order valence-corrected chi connectivity index (χ2v) is 8.58. The highest BCUT2D eigenvalue weighted by Crippen LogP contribution is 2.33. The highest BCUT2D eigenvalue weighted by Gasteiger charge is 2.17. The summed E-state index contributed by atoms with van der Waals surface area (Å²) in [6, 6.07) is 16.1. The Morgan fingerprint density at radius 3 is 2.77 bits per heavy atom. The van der Waals surface area contributed by atoms with Gasteiger partial charge in [-0.25, -0.2) is 4.98 Å². The Morgan fingerprint density at radius 1 is 1.14 bits per heavy atom. The first-order chi connectivity index (χ1) is 17.2. The minimum Gasteiger partial charge on any atom is -0.459 e. The van der Waals surface area contributed by atoms with Gasteiger partial charge in [-0.3, -0.25) is 0 Å². The Labute approximate surface area is 207 Å². The molecule has 9 heteroatoms. The van der Waals surface area contributed by atoms with E-state index in [0.29, 0.717) is 17.5 Å². The molecule has 0 aliphatic rings. The first kappa shape index (κ1) is 23.0. The largest absolute Gasteiger partial charge is 0.459 e. The molecule has 3 heterocycles. The maximum Gasteiger partial charge on any atom is 0.205 e. The molecule has 0 radical (unpaired) electrons. The van der Waals surface area contributed by atoms with Crippen molar-refractivity contribution in [3.05, 3.63) is 77.0 Å². The van der Waals surface area contributed by atoms with Gasteiger partial charge in [0.15, 0.2) is 5.15 Å². The molecule has 2 aromatic carbocycles. The minimum atomic E-state index is -0.0649. The smallest absolute Gasteiger partial charge is 0.205 e. The molecular weight excluding hydrogens is 464 g/mol. The van der Waals surface area contributed by atoms with Gasteiger partial charge in [0.25, 0.3) is 0 Å². The third-order valence-corrected chi connectivity index (χ3v) is 6.16. The Hall–Kier alpha value is -3.75. The van der Waals surface area contributed by atoms with Crippen LogP contribution in [-0.4, -0.2) is 41.9 Å². The lowest BCUT2D eigenvalue weighted by molar-refractivity contribution is 0.343. The second-order valence-electron chi connectivity index (χ2n) is 8.23. The van der Waals surface area contributed by atoms with Crippen LogP contribution in [0, 0.1) is 0 Å². The van der Waals surface area contributed by atoms with Crippen molar-refractivity contribution in [1.82, 2.24) is 30.2 Å². The topological polar surface area (TPSA) is 106 Å². The van der Waals surface area contributed by atoms with E-state index in [0.717, 1.165) is 64.2 Å². The molecule has 2 N–H and O–H groups in total. The van der Waals surface area contributed by atoms with Gasteiger partial charge in [0, 0.05) is 17.4 Å². The summed E-state index contributed by atoms with van der Waals surface area (Å²) in [4.78, 5) is 4.57. The summed E-state index contributed by atoms with van der Waals surface area (Å²) in [5.74, 6) is 2.25. The number of imidazole rings is 1. The van der Waals surface area contributed by atoms with Gasteiger partial charge in [0.1, 0.15) is 17.2 Å². The molecule has 0 bridgehead atoms. The maximum absolute atomic E-state index is 9.25. The van der Waals surface area contributed by atoms with E-state index in [4.69, 9.17) is 16.0 Å². The van der Waals surface area contributed by atoms with E-state index in [1.807, 2.05) is 36.4 Å². The Bertz CT molecular complexity index is 1470. The van der Waals surface area contributed by atoms with Crippen LogP contribution in [0.15, 0.2) is 59.0 Å². The third kappa shape index (κ3) is 4.76. The summed E-state index contributed by atoms with van der Waals surface area (Å²) in [7, 11) is 0. The van der Waals surface area contributed by atoms with Gasteiger partial charge in [-0.2, -0.15) is 5.21 Å². The molecule has 0 saturated heterocycles. The van der Waals surface area contributed by atoms with Gasteiger partial charge < -0.3 is 14.1 Å². The van der Waals surface area contributed by atoms with Crippen LogP contribution in [0.1, 0.15) is 37.0 Å². The lowest BCUT2D eigenvalue weighted by atomic mass is 9.98. The zero-order valence-electron chi connectivity index (χ0n) is 19.3. The summed E-state index contributed by atoms with van der Waals surface area (Å²) < 4.78 is 8.34. The number of aromatic nitrogens is 6. The number of hydrogen-bond acceptors (Lipinski definition) is 6. The lowest BCUT2D eigenvalue weighted by Gasteiger charge is -2.08. The predicted octanol–water partition coefficient (Wildman–Crippen LogP) is 5.53. The Morgan fingerprint density at radius 2 is 2.00 bits per heavy atom. The van der Waals surface area contributed by atoms with Crippen molar-refractivity contribution in [3.8, 4) is 22.5 Å². The summed E-state index contributed by atoms with van der Waals surface area (Å²) in [6.45, 7) is 2.58. The van der Waals surface area contributed by atoms with Gasteiger partial charge in [0.2, 0.25) is 5.82 Å². The van der Waals surface area contributed by atoms with Crippen LogP contribution in [0.3, 0.4) is 0 Å². The van der Waals surface area contributed by atoms with Crippen molar-refractivity contribution in [2.24, 2.45) is 0 Å². The second kappa shape index (κ2) is 10.2. The fraction of sp³-hybridized carbons (Fsp3) is 0.231. The molecular formula is C26H25ClN6O2. The van der Waals surface area contributed by atoms with Crippen molar-refractivity contribution < 1.29 is 9.52 Å². The normalized spacial score (nSPS) is 11.7. The molecule has 35 heavy (non-hydrogen) atoms. The average Bonchev–Trinajstić information content (AvgIpc) is 3.61. The van der Waals surface area contributed by atoms with E-state index in [2.05, 4.69) is 49.2 Å². The van der Waals surface area contributed by atoms with Crippen molar-refractivity contribution in [1.29, 1.82) is 0 Å². The molecule has 0 spiro atoms. The zero-order chi connectivity index (χ0) is 24.2. The molecule has 0 aliphatic carbocycles. The van der Waals surface area contributed by atoms with Crippen molar-refractivity contribution in [2.45, 2.75) is 32.7 Å². The molecule has 5 rings (SSSR count). The van der Waals surface area contributed by atoms with Crippen LogP contribution >= 0.6 is 11.6 Å². The number of benzene rings is 2. The highest BCUT2D eigenvalue weighted by atomic mass is 35.5. The van der Waals surface area contributed by atoms with E-state index in [1.165, 1.54) is 0 Å². The number of nitrogens with one attached hydrogen (secondary N) is 1. The van der Waals surface area contributed by atoms with Crippen molar-refractivity contribution >= 4 is 28.6 Å². The molecule has 0 unspecified atom stereocenters. The SMILES string of the molecule is CCCCc1nc(Cl)c(/C=C/CO)n1Cc1cc2ccc(-c3ccccc3-c3nn[nH]n3)cc2o1. The van der Waals surface area contributed by atoms with Crippen LogP contribution in [0.5, 0.6) is 0 Å². The molecule has 8 nitrogen and oxygen atoms in total. The van der Waals surface area contributed by atoms with Gasteiger partial charge >= 0.3 is 0 Å². The number of rotatable bonds is 9. The lowest BCUT2D eigenvalue weighted by Crippen LogP contribution is -2.06. The molecule has 0 amide bonds. The molecule has 0 aliphatic heterocycles. The fourth-order valence-electron chi connectivity index (χ4n) is 4.20. The quantitative estimate of drug-likeness (QED) is 0.283. The number of aryl methyl sites for hydroxylation is 1. The van der Waals surface area contributed by atoms with Crippen LogP contribution in [0.2, 0.25) is 5.15 Å². The number of unbranched alkanes of at least 4 members (excludes halogenated alkanes) is 1. The van der Waals surface area contributed by atoms with E-state index < -0.39 is 0 Å². The van der Waals surface area contributed by atoms with Gasteiger partial charge in [0.05, 0.1) is 18.8 Å². The van der Waals surface area contributed by atoms with Crippen LogP contribution in [-0.2, 0) is 13.0 Å². The summed E-state index contributed by atoms with van der Waals surface area (Å²) in [6.07, 6.45) is 6.36. The van der Waals surface area contributed by atoms with Crippen LogP contribution in [0.4, 0.5) is 0 Å². The first-order valence-electron chi connectivity index (χ1n) is 11.6. The van der Waals surface area contributed by atoms with Gasteiger partial charge in [-0.15, -0.1) is 10.2 Å². The minimum absolute atomic E-state index is 0.0649. The van der Waals surface area contributed by atoms with E-state index in [9.17, 15) is 5.11 Å². The van der Waals surface area contributed by atoms with Crippen LogP contribution < -0.4 is 0 Å². The standard InChI is InChI=1S/C26H25ClN6O2/c1-2-3-10-24-28-25(27)22(9-6-13-34)33(24)16-19-14-18-12-11-17(15-23(18)35-19)20-7-4-5-8-21(20)26-29-31-32-30-26/h4-9,11-12,14-15,34H,2-3,10,13,16H2,1H3,(H,29,30,31,32)/b9-6+. The number of halogens is 1. The maximum atomic E-state index is 9.25. The number of H-pyrrole nitrogens is 1. The zero-order valence-corrected chi connectivity index (χ0v) is 20.0. The van der Waals surface area contributed by atoms with Gasteiger partial charge in [-0.05, 0) is 41.0 Å². The number of fused-ring (bicyclic) bond motifs is 1. The first-order valence-corrected chi connectivity index (χ1v) is 11.9. The van der Waals surface area contributed by atoms with Crippen LogP contribution in [0.25, 0.3) is 39.6 Å². The molecule has 0 saturated carbocycles. The number of aliphatic hydroxyl groups excluding tert-OH is 1. The number of hydrogen-bond donors (Lipinski definition) is 2. The number of aromatic amines is 1. The monoisotopic (exact) mass is 488 g/mol. The fourth-order valence-corrected chi connectivity index (χ4v) is 4.46. The van der Waals surface area contributed by atoms with Gasteiger partial charge in [-0.1, -0.05) is 67.4 Å². The summed E-state index contributed by atoms with van der Waals surface area (Å²) >= 11 is 6.44. The number of nitrogens with zero attached hydrogens (tertiary/aromatic N) is 5. The van der Waals surface area contributed by atoms with Crippen molar-refractivity contribution in [3.63, 3.8) is 0 Å². The third-order valence-electron chi connectivity index (χ3n) is 5.89. The summed E-state index contributed by atoms with van der Waals surface area (Å²) in [5, 5.41) is 25.2. The van der Waals surface area contributed by atoms with E-state index in [-0.39, 0.29) is 6.61 Å². The molecule has 5 aromatic rings. The number of aliphatic hydroxyl groups is 1. The van der Waals surface area contributed by atoms with E-state index >= 15 is 0 Å². The Balaban J connectivity index is 1.51. The number of tetrazole rings is 1. The molecule has 0 fully saturated rings. The van der Waals surface area contributed by atoms with E-state index in [1.54, 1.807) is 12.2 Å².